The van der Waals surface area contributed by atoms with E-state index >= 15 is 0 Å². The Morgan fingerprint density at radius 2 is 1.75 bits per heavy atom. The van der Waals surface area contributed by atoms with Crippen LogP contribution in [-0.2, 0) is 4.79 Å². The lowest BCUT2D eigenvalue weighted by Gasteiger charge is -2.48. The lowest BCUT2D eigenvalue weighted by Crippen LogP contribution is -2.69. The zero-order chi connectivity index (χ0) is 15.3. The Balaban J connectivity index is 2.49. The maximum atomic E-state index is 12.7. The maximum Gasteiger partial charge on any atom is 0.329 e. The van der Waals surface area contributed by atoms with Gasteiger partial charge in [0.15, 0.2) is 0 Å². The van der Waals surface area contributed by atoms with Crippen LogP contribution >= 0.6 is 11.6 Å². The minimum Gasteiger partial charge on any atom is -0.331 e. The molecule has 1 heterocycles. The monoisotopic (exact) mass is 294 g/mol. The molecule has 1 aromatic carbocycles. The summed E-state index contributed by atoms with van der Waals surface area (Å²) in [4.78, 5) is 26.1. The molecule has 0 saturated carbocycles. The highest BCUT2D eigenvalue weighted by Gasteiger charge is 2.52. The van der Waals surface area contributed by atoms with Gasteiger partial charge in [0.2, 0.25) is 5.91 Å². The molecule has 0 radical (unpaired) electrons. The van der Waals surface area contributed by atoms with Gasteiger partial charge in [0.05, 0.1) is 16.6 Å². The molecular formula is C15H19ClN2O2. The predicted molar refractivity (Wildman–Crippen MR) is 80.1 cm³/mol. The fourth-order valence-electron chi connectivity index (χ4n) is 2.07. The molecule has 1 aliphatic rings. The van der Waals surface area contributed by atoms with Crippen molar-refractivity contribution in [3.05, 3.63) is 28.8 Å². The van der Waals surface area contributed by atoms with Gasteiger partial charge in [0.25, 0.3) is 0 Å². The lowest BCUT2D eigenvalue weighted by molar-refractivity contribution is -0.130. The second-order valence-electron chi connectivity index (χ2n) is 6.25. The molecule has 1 fully saturated rings. The molecule has 0 atom stereocenters. The third kappa shape index (κ3) is 2.08. The Kier molecular flexibility index (Phi) is 3.33. The van der Waals surface area contributed by atoms with Gasteiger partial charge in [0.1, 0.15) is 0 Å². The summed E-state index contributed by atoms with van der Waals surface area (Å²) in [6, 6.07) is 4.75. The van der Waals surface area contributed by atoms with E-state index in [1.807, 2.05) is 34.6 Å². The molecule has 1 aromatic rings. The highest BCUT2D eigenvalue weighted by molar-refractivity contribution is 6.32. The highest BCUT2D eigenvalue weighted by atomic mass is 35.5. The largest absolute Gasteiger partial charge is 0.331 e. The summed E-state index contributed by atoms with van der Waals surface area (Å²) in [7, 11) is 0. The van der Waals surface area contributed by atoms with Gasteiger partial charge in [-0.15, -0.1) is 0 Å². The molecule has 5 heteroatoms. The number of carbonyl (C=O) groups excluding carboxylic acids is 2. The third-order valence-corrected chi connectivity index (χ3v) is 4.74. The van der Waals surface area contributed by atoms with Gasteiger partial charge in [-0.2, -0.15) is 0 Å². The number of benzene rings is 1. The third-order valence-electron chi connectivity index (χ3n) is 4.34. The van der Waals surface area contributed by atoms with Gasteiger partial charge in [-0.3, -0.25) is 4.79 Å². The molecule has 1 saturated heterocycles. The van der Waals surface area contributed by atoms with E-state index in [4.69, 9.17) is 11.6 Å². The maximum absolute atomic E-state index is 12.7. The second kappa shape index (κ2) is 4.48. The lowest BCUT2D eigenvalue weighted by atomic mass is 9.72. The van der Waals surface area contributed by atoms with Crippen LogP contribution in [0.1, 0.15) is 33.3 Å². The van der Waals surface area contributed by atoms with Crippen molar-refractivity contribution >= 4 is 29.2 Å². The molecule has 0 spiro atoms. The molecule has 3 amide bonds. The first kappa shape index (κ1) is 14.9. The first-order valence-electron chi connectivity index (χ1n) is 6.51. The number of rotatable bonds is 1. The smallest absolute Gasteiger partial charge is 0.329 e. The molecular weight excluding hydrogens is 276 g/mol. The van der Waals surface area contributed by atoms with Gasteiger partial charge >= 0.3 is 6.03 Å². The number of aryl methyl sites for hydroxylation is 1. The summed E-state index contributed by atoms with van der Waals surface area (Å²) in [6.07, 6.45) is 0. The number of nitrogens with one attached hydrogen (secondary N) is 1. The van der Waals surface area contributed by atoms with Crippen molar-refractivity contribution in [1.29, 1.82) is 0 Å². The van der Waals surface area contributed by atoms with E-state index in [9.17, 15) is 9.59 Å². The summed E-state index contributed by atoms with van der Waals surface area (Å²) >= 11 is 6.09. The fourth-order valence-corrected chi connectivity index (χ4v) is 2.25. The van der Waals surface area contributed by atoms with Gasteiger partial charge in [0, 0.05) is 5.02 Å². The summed E-state index contributed by atoms with van der Waals surface area (Å²) in [5, 5.41) is 3.42. The number of hydrogen-bond donors (Lipinski definition) is 1. The van der Waals surface area contributed by atoms with Gasteiger partial charge in [-0.25, -0.2) is 9.69 Å². The topological polar surface area (TPSA) is 49.4 Å². The molecule has 0 bridgehead atoms. The Morgan fingerprint density at radius 1 is 1.15 bits per heavy atom. The molecule has 1 N–H and O–H groups in total. The number of urea groups is 1. The average molecular weight is 295 g/mol. The zero-order valence-electron chi connectivity index (χ0n) is 12.4. The van der Waals surface area contributed by atoms with Crippen LogP contribution in [0.2, 0.25) is 5.02 Å². The number of halogens is 1. The first-order chi connectivity index (χ1) is 9.08. The van der Waals surface area contributed by atoms with Crippen molar-refractivity contribution in [2.24, 2.45) is 5.41 Å². The molecule has 0 aromatic heterocycles. The van der Waals surface area contributed by atoms with Crippen LogP contribution in [0.3, 0.4) is 0 Å². The van der Waals surface area contributed by atoms with Crippen molar-refractivity contribution in [2.75, 3.05) is 4.90 Å². The van der Waals surface area contributed by atoms with Crippen molar-refractivity contribution in [2.45, 2.75) is 40.2 Å². The fraction of sp³-hybridized carbons (Fsp3) is 0.467. The van der Waals surface area contributed by atoms with E-state index in [0.29, 0.717) is 10.7 Å². The summed E-state index contributed by atoms with van der Waals surface area (Å²) in [5.41, 5.74) is 0.0799. The van der Waals surface area contributed by atoms with E-state index in [1.54, 1.807) is 18.2 Å². The molecule has 0 unspecified atom stereocenters. The Hall–Kier alpha value is -1.55. The number of nitrogens with zero attached hydrogens (tertiary/aromatic N) is 1. The average Bonchev–Trinajstić information content (AvgIpc) is 2.31. The van der Waals surface area contributed by atoms with Gasteiger partial charge in [-0.1, -0.05) is 17.7 Å². The van der Waals surface area contributed by atoms with E-state index in [2.05, 4.69) is 5.32 Å². The SMILES string of the molecule is Cc1ccc(N2C(=O)NC(C)(C)C(C)(C)C2=O)cc1Cl. The minimum atomic E-state index is -0.710. The minimum absolute atomic E-state index is 0.230. The molecule has 0 aliphatic carbocycles. The highest BCUT2D eigenvalue weighted by Crippen LogP contribution is 2.38. The van der Waals surface area contributed by atoms with Crippen LogP contribution in [0.15, 0.2) is 18.2 Å². The second-order valence-corrected chi connectivity index (χ2v) is 6.66. The molecule has 1 aliphatic heterocycles. The van der Waals surface area contributed by atoms with Gasteiger partial charge < -0.3 is 5.32 Å². The molecule has 4 nitrogen and oxygen atoms in total. The quantitative estimate of drug-likeness (QED) is 0.861. The Morgan fingerprint density at radius 3 is 2.30 bits per heavy atom. The molecule has 108 valence electrons. The van der Waals surface area contributed by atoms with E-state index in [-0.39, 0.29) is 5.91 Å². The van der Waals surface area contributed by atoms with Crippen molar-refractivity contribution < 1.29 is 9.59 Å². The van der Waals surface area contributed by atoms with Crippen LogP contribution in [0, 0.1) is 12.3 Å². The van der Waals surface area contributed by atoms with Crippen LogP contribution in [-0.4, -0.2) is 17.5 Å². The van der Waals surface area contributed by atoms with Crippen molar-refractivity contribution in [3.8, 4) is 0 Å². The van der Waals surface area contributed by atoms with E-state index in [0.717, 1.165) is 10.5 Å². The summed E-state index contributed by atoms with van der Waals surface area (Å²) < 4.78 is 0. The summed E-state index contributed by atoms with van der Waals surface area (Å²) in [5.74, 6) is -0.230. The number of carbonyl (C=O) groups is 2. The van der Waals surface area contributed by atoms with Crippen molar-refractivity contribution in [1.82, 2.24) is 5.32 Å². The van der Waals surface area contributed by atoms with Gasteiger partial charge in [-0.05, 0) is 52.3 Å². The standard InChI is InChI=1S/C15H19ClN2O2/c1-9-6-7-10(8-11(9)16)18-12(19)14(2,3)15(4,5)17-13(18)20/h6-8H,1-5H3,(H,17,20). The molecule has 2 rings (SSSR count). The summed E-state index contributed by atoms with van der Waals surface area (Å²) in [6.45, 7) is 9.23. The number of hydrogen-bond acceptors (Lipinski definition) is 2. The van der Waals surface area contributed by atoms with Crippen LogP contribution in [0.25, 0.3) is 0 Å². The molecule has 20 heavy (non-hydrogen) atoms. The van der Waals surface area contributed by atoms with E-state index in [1.165, 1.54) is 0 Å². The zero-order valence-corrected chi connectivity index (χ0v) is 13.1. The number of imide groups is 1. The number of anilines is 1. The number of amides is 3. The van der Waals surface area contributed by atoms with Crippen LogP contribution < -0.4 is 10.2 Å². The first-order valence-corrected chi connectivity index (χ1v) is 6.88. The Labute approximate surface area is 124 Å². The van der Waals surface area contributed by atoms with Crippen LogP contribution in [0.5, 0.6) is 0 Å². The van der Waals surface area contributed by atoms with E-state index < -0.39 is 17.0 Å². The van der Waals surface area contributed by atoms with Crippen LogP contribution in [0.4, 0.5) is 10.5 Å². The normalized spacial score (nSPS) is 20.8. The Bertz CT molecular complexity index is 594. The predicted octanol–water partition coefficient (Wildman–Crippen LogP) is 3.51. The van der Waals surface area contributed by atoms with Crippen molar-refractivity contribution in [3.63, 3.8) is 0 Å².